The van der Waals surface area contributed by atoms with Gasteiger partial charge in [-0.25, -0.2) is 4.79 Å². The van der Waals surface area contributed by atoms with Crippen LogP contribution in [0.25, 0.3) is 10.2 Å². The van der Waals surface area contributed by atoms with Gasteiger partial charge in [-0.1, -0.05) is 11.3 Å². The number of esters is 1. The van der Waals surface area contributed by atoms with Crippen LogP contribution in [-0.2, 0) is 11.3 Å². The smallest absolute Gasteiger partial charge is 0.337 e. The number of thioether (sulfide) groups is 1. The minimum Gasteiger partial charge on any atom is -0.493 e. The second kappa shape index (κ2) is 10.6. The van der Waals surface area contributed by atoms with Gasteiger partial charge < -0.3 is 23.5 Å². The molecule has 0 aliphatic rings. The first-order chi connectivity index (χ1) is 15.5. The number of rotatable bonds is 8. The van der Waals surface area contributed by atoms with Gasteiger partial charge in [0.25, 0.3) is 5.91 Å². The van der Waals surface area contributed by atoms with E-state index in [0.717, 1.165) is 16.0 Å². The molecule has 32 heavy (non-hydrogen) atoms. The number of methoxy groups -OCH3 is 4. The Bertz CT molecular complexity index is 1190. The molecule has 0 bridgehead atoms. The molecular weight excluding hydrogens is 452 g/mol. The van der Waals surface area contributed by atoms with Crippen molar-refractivity contribution in [1.29, 1.82) is 0 Å². The second-order valence-electron chi connectivity index (χ2n) is 6.53. The zero-order valence-electron chi connectivity index (χ0n) is 18.5. The first-order valence-corrected chi connectivity index (χ1v) is 11.8. The van der Waals surface area contributed by atoms with E-state index in [1.165, 1.54) is 39.8 Å². The Labute approximate surface area is 193 Å². The van der Waals surface area contributed by atoms with Crippen LogP contribution in [0.15, 0.2) is 35.3 Å². The van der Waals surface area contributed by atoms with Crippen molar-refractivity contribution in [1.82, 2.24) is 4.57 Å². The molecule has 0 fully saturated rings. The van der Waals surface area contributed by atoms with Gasteiger partial charge in [-0.15, -0.1) is 0 Å². The fraction of sp³-hybridized carbons (Fsp3) is 0.318. The summed E-state index contributed by atoms with van der Waals surface area (Å²) in [5.74, 6) is 1.14. The molecule has 0 spiro atoms. The number of nitrogens with zero attached hydrogens (tertiary/aromatic N) is 2. The fourth-order valence-corrected chi connectivity index (χ4v) is 4.62. The van der Waals surface area contributed by atoms with Gasteiger partial charge in [0, 0.05) is 17.9 Å². The van der Waals surface area contributed by atoms with Crippen molar-refractivity contribution in [2.24, 2.45) is 4.99 Å². The molecule has 0 unspecified atom stereocenters. The van der Waals surface area contributed by atoms with Gasteiger partial charge in [0.05, 0.1) is 44.2 Å². The van der Waals surface area contributed by atoms with Gasteiger partial charge >= 0.3 is 5.97 Å². The summed E-state index contributed by atoms with van der Waals surface area (Å²) in [7, 11) is 5.82. The van der Waals surface area contributed by atoms with Gasteiger partial charge in [-0.3, -0.25) is 4.79 Å². The van der Waals surface area contributed by atoms with E-state index in [0.29, 0.717) is 39.7 Å². The standard InChI is InChI=1S/C22H24N2O6S2/c1-27-16-10-14(11-17(28-2)19(16)29-3)20(25)23-22-24(8-9-31-5)15-7-6-13(21(26)30-4)12-18(15)32-22/h6-7,10-12H,8-9H2,1-5H3. The summed E-state index contributed by atoms with van der Waals surface area (Å²) in [5.41, 5.74) is 1.65. The van der Waals surface area contributed by atoms with Crippen molar-refractivity contribution in [2.75, 3.05) is 40.4 Å². The van der Waals surface area contributed by atoms with E-state index in [2.05, 4.69) is 4.99 Å². The predicted molar refractivity (Wildman–Crippen MR) is 126 cm³/mol. The molecule has 10 heteroatoms. The van der Waals surface area contributed by atoms with Crippen molar-refractivity contribution in [3.63, 3.8) is 0 Å². The molecule has 3 rings (SSSR count). The third-order valence-electron chi connectivity index (χ3n) is 4.73. The van der Waals surface area contributed by atoms with Crippen LogP contribution >= 0.6 is 23.1 Å². The quantitative estimate of drug-likeness (QED) is 0.459. The predicted octanol–water partition coefficient (Wildman–Crippen LogP) is 3.62. The SMILES string of the molecule is COC(=O)c1ccc2c(c1)sc(=NC(=O)c1cc(OC)c(OC)c(OC)c1)n2CCSC. The lowest BCUT2D eigenvalue weighted by Crippen LogP contribution is -2.18. The summed E-state index contributed by atoms with van der Waals surface area (Å²) >= 11 is 3.03. The van der Waals surface area contributed by atoms with Crippen LogP contribution in [0.2, 0.25) is 0 Å². The summed E-state index contributed by atoms with van der Waals surface area (Å²) in [6, 6.07) is 8.46. The molecule has 0 saturated carbocycles. The van der Waals surface area contributed by atoms with E-state index in [1.54, 1.807) is 36.0 Å². The van der Waals surface area contributed by atoms with Gasteiger partial charge in [-0.2, -0.15) is 16.8 Å². The van der Waals surface area contributed by atoms with E-state index in [4.69, 9.17) is 18.9 Å². The Balaban J connectivity index is 2.13. The van der Waals surface area contributed by atoms with E-state index in [-0.39, 0.29) is 0 Å². The number of aromatic nitrogens is 1. The number of carbonyl (C=O) groups excluding carboxylic acids is 2. The van der Waals surface area contributed by atoms with Crippen molar-refractivity contribution in [3.05, 3.63) is 46.3 Å². The molecule has 0 saturated heterocycles. The number of hydrogen-bond donors (Lipinski definition) is 0. The molecule has 1 aromatic heterocycles. The molecule has 8 nitrogen and oxygen atoms in total. The van der Waals surface area contributed by atoms with Crippen molar-refractivity contribution >= 4 is 45.2 Å². The summed E-state index contributed by atoms with van der Waals surface area (Å²) in [4.78, 5) is 29.9. The highest BCUT2D eigenvalue weighted by atomic mass is 32.2. The lowest BCUT2D eigenvalue weighted by molar-refractivity contribution is 0.0600. The second-order valence-corrected chi connectivity index (χ2v) is 8.53. The van der Waals surface area contributed by atoms with Gasteiger partial charge in [0.1, 0.15) is 0 Å². The molecule has 1 heterocycles. The van der Waals surface area contributed by atoms with E-state index < -0.39 is 11.9 Å². The Morgan fingerprint density at radius 2 is 1.69 bits per heavy atom. The fourth-order valence-electron chi connectivity index (χ4n) is 3.16. The highest BCUT2D eigenvalue weighted by Crippen LogP contribution is 2.38. The molecule has 0 atom stereocenters. The van der Waals surface area contributed by atoms with E-state index in [9.17, 15) is 9.59 Å². The van der Waals surface area contributed by atoms with Gasteiger partial charge in [0.2, 0.25) is 5.75 Å². The highest BCUT2D eigenvalue weighted by molar-refractivity contribution is 7.98. The number of aryl methyl sites for hydroxylation is 1. The van der Waals surface area contributed by atoms with Gasteiger partial charge in [-0.05, 0) is 36.6 Å². The van der Waals surface area contributed by atoms with Crippen LogP contribution in [0.5, 0.6) is 17.2 Å². The Hall–Kier alpha value is -2.98. The van der Waals surface area contributed by atoms with E-state index >= 15 is 0 Å². The van der Waals surface area contributed by atoms with Crippen LogP contribution in [0, 0.1) is 0 Å². The third-order valence-corrected chi connectivity index (χ3v) is 6.36. The Morgan fingerprint density at radius 1 is 1.00 bits per heavy atom. The lowest BCUT2D eigenvalue weighted by atomic mass is 10.1. The minimum absolute atomic E-state index is 0.309. The maximum absolute atomic E-state index is 13.1. The lowest BCUT2D eigenvalue weighted by Gasteiger charge is -2.12. The van der Waals surface area contributed by atoms with Crippen LogP contribution in [0.1, 0.15) is 20.7 Å². The van der Waals surface area contributed by atoms with Crippen molar-refractivity contribution < 1.29 is 28.5 Å². The summed E-state index contributed by atoms with van der Waals surface area (Å²) in [6.45, 7) is 0.667. The third kappa shape index (κ3) is 4.76. The van der Waals surface area contributed by atoms with Crippen LogP contribution in [-0.4, -0.2) is 56.9 Å². The Kier molecular flexibility index (Phi) is 7.81. The average Bonchev–Trinajstić information content (AvgIpc) is 3.16. The van der Waals surface area contributed by atoms with Crippen molar-refractivity contribution in [3.8, 4) is 17.2 Å². The van der Waals surface area contributed by atoms with Gasteiger partial charge in [0.15, 0.2) is 16.3 Å². The summed E-state index contributed by atoms with van der Waals surface area (Å²) in [5, 5.41) is 0. The highest BCUT2D eigenvalue weighted by Gasteiger charge is 2.18. The number of carbonyl (C=O) groups is 2. The first kappa shape index (κ1) is 23.7. The maximum atomic E-state index is 13.1. The van der Waals surface area contributed by atoms with Crippen LogP contribution in [0.3, 0.4) is 0 Å². The summed E-state index contributed by atoms with van der Waals surface area (Å²) < 4.78 is 23.6. The topological polar surface area (TPSA) is 88.3 Å². The molecule has 170 valence electrons. The normalized spacial score (nSPS) is 11.5. The molecule has 0 aliphatic carbocycles. The molecule has 0 radical (unpaired) electrons. The van der Waals surface area contributed by atoms with Crippen LogP contribution < -0.4 is 19.0 Å². The number of fused-ring (bicyclic) bond motifs is 1. The zero-order chi connectivity index (χ0) is 23.3. The molecular formula is C22H24N2O6S2. The van der Waals surface area contributed by atoms with Crippen molar-refractivity contribution in [2.45, 2.75) is 6.54 Å². The number of hydrogen-bond acceptors (Lipinski definition) is 8. The van der Waals surface area contributed by atoms with Crippen LogP contribution in [0.4, 0.5) is 0 Å². The average molecular weight is 477 g/mol. The Morgan fingerprint density at radius 3 is 2.25 bits per heavy atom. The number of benzene rings is 2. The molecule has 1 amide bonds. The number of thiazole rings is 1. The maximum Gasteiger partial charge on any atom is 0.337 e. The number of amides is 1. The first-order valence-electron chi connectivity index (χ1n) is 9.57. The number of ether oxygens (including phenoxy) is 4. The molecule has 3 aromatic rings. The molecule has 0 aliphatic heterocycles. The molecule has 2 aromatic carbocycles. The minimum atomic E-state index is -0.443. The zero-order valence-corrected chi connectivity index (χ0v) is 20.1. The van der Waals surface area contributed by atoms with E-state index in [1.807, 2.05) is 16.9 Å². The molecule has 0 N–H and O–H groups in total. The largest absolute Gasteiger partial charge is 0.493 e. The monoisotopic (exact) mass is 476 g/mol. The summed E-state index contributed by atoms with van der Waals surface area (Å²) in [6.07, 6.45) is 2.02.